The molecule has 0 radical (unpaired) electrons. The monoisotopic (exact) mass is 301 g/mol. The molecule has 1 aromatic rings. The van der Waals surface area contributed by atoms with Crippen molar-refractivity contribution in [1.82, 2.24) is 0 Å². The van der Waals surface area contributed by atoms with Gasteiger partial charge in [-0.1, -0.05) is 6.92 Å². The fourth-order valence-corrected chi connectivity index (χ4v) is 2.36. The first-order valence-electron chi connectivity index (χ1n) is 6.25. The van der Waals surface area contributed by atoms with Gasteiger partial charge in [0.2, 0.25) is 10.0 Å². The van der Waals surface area contributed by atoms with E-state index < -0.39 is 16.0 Å². The predicted molar refractivity (Wildman–Crippen MR) is 76.3 cm³/mol. The Morgan fingerprint density at radius 2 is 1.85 bits per heavy atom. The van der Waals surface area contributed by atoms with Crippen LogP contribution in [0.5, 0.6) is 0 Å². The highest BCUT2D eigenvalue weighted by atomic mass is 32.2. The van der Waals surface area contributed by atoms with Gasteiger partial charge in [0.25, 0.3) is 0 Å². The topological polar surface area (TPSA) is 81.7 Å². The summed E-state index contributed by atoms with van der Waals surface area (Å²) >= 11 is 0. The Morgan fingerprint density at radius 1 is 1.20 bits per heavy atom. The molecule has 0 aliphatic rings. The summed E-state index contributed by atoms with van der Waals surface area (Å²) in [4.78, 5) is 11.6. The van der Waals surface area contributed by atoms with Gasteiger partial charge in [0.1, 0.15) is 0 Å². The molecule has 0 spiro atoms. The van der Waals surface area contributed by atoms with Crippen LogP contribution in [-0.2, 0) is 19.5 Å². The number of carbonyl (C=O) groups excluding carboxylic acids is 1. The van der Waals surface area contributed by atoms with Crippen molar-refractivity contribution in [3.63, 3.8) is 0 Å². The first kappa shape index (κ1) is 16.5. The SMILES string of the molecule is CCCOC(=O)c1ccc(NS(=O)(=O)CCOC)cc1. The lowest BCUT2D eigenvalue weighted by atomic mass is 10.2. The average molecular weight is 301 g/mol. The van der Waals surface area contributed by atoms with E-state index >= 15 is 0 Å². The van der Waals surface area contributed by atoms with Crippen LogP contribution in [0.15, 0.2) is 24.3 Å². The van der Waals surface area contributed by atoms with E-state index in [-0.39, 0.29) is 12.4 Å². The van der Waals surface area contributed by atoms with Gasteiger partial charge in [-0.15, -0.1) is 0 Å². The number of hydrogen-bond donors (Lipinski definition) is 1. The molecule has 0 aliphatic heterocycles. The number of esters is 1. The zero-order chi connectivity index (χ0) is 15.0. The maximum Gasteiger partial charge on any atom is 0.338 e. The molecule has 0 atom stereocenters. The fraction of sp³-hybridized carbons (Fsp3) is 0.462. The van der Waals surface area contributed by atoms with Crippen molar-refractivity contribution in [2.24, 2.45) is 0 Å². The number of ether oxygens (including phenoxy) is 2. The second kappa shape index (κ2) is 7.86. The Balaban J connectivity index is 2.65. The first-order valence-corrected chi connectivity index (χ1v) is 7.90. The summed E-state index contributed by atoms with van der Waals surface area (Å²) in [7, 11) is -2.00. The van der Waals surface area contributed by atoms with E-state index in [1.54, 1.807) is 0 Å². The number of rotatable bonds is 8. The normalized spacial score (nSPS) is 11.1. The molecule has 6 nitrogen and oxygen atoms in total. The van der Waals surface area contributed by atoms with Crippen molar-refractivity contribution >= 4 is 21.7 Å². The van der Waals surface area contributed by atoms with Crippen LogP contribution in [0.1, 0.15) is 23.7 Å². The molecular weight excluding hydrogens is 282 g/mol. The number of methoxy groups -OCH3 is 1. The molecule has 1 aromatic carbocycles. The lowest BCUT2D eigenvalue weighted by molar-refractivity contribution is 0.0505. The highest BCUT2D eigenvalue weighted by Crippen LogP contribution is 2.12. The Bertz CT molecular complexity index is 524. The number of nitrogens with one attached hydrogen (secondary N) is 1. The van der Waals surface area contributed by atoms with E-state index in [4.69, 9.17) is 9.47 Å². The van der Waals surface area contributed by atoms with Gasteiger partial charge in [0.15, 0.2) is 0 Å². The van der Waals surface area contributed by atoms with E-state index in [9.17, 15) is 13.2 Å². The van der Waals surface area contributed by atoms with Crippen LogP contribution in [0.25, 0.3) is 0 Å². The highest BCUT2D eigenvalue weighted by Gasteiger charge is 2.11. The van der Waals surface area contributed by atoms with Gasteiger partial charge in [-0.05, 0) is 30.7 Å². The zero-order valence-electron chi connectivity index (χ0n) is 11.6. The first-order chi connectivity index (χ1) is 9.48. The van der Waals surface area contributed by atoms with Crippen molar-refractivity contribution in [2.75, 3.05) is 30.8 Å². The van der Waals surface area contributed by atoms with Gasteiger partial charge in [-0.25, -0.2) is 13.2 Å². The van der Waals surface area contributed by atoms with Crippen LogP contribution in [0.4, 0.5) is 5.69 Å². The van der Waals surface area contributed by atoms with E-state index in [0.29, 0.717) is 17.9 Å². The molecule has 0 fully saturated rings. The van der Waals surface area contributed by atoms with Crippen molar-refractivity contribution in [3.05, 3.63) is 29.8 Å². The standard InChI is InChI=1S/C13H19NO5S/c1-3-8-19-13(15)11-4-6-12(7-5-11)14-20(16,17)10-9-18-2/h4-7,14H,3,8-10H2,1-2H3. The average Bonchev–Trinajstić information content (AvgIpc) is 2.43. The molecule has 1 rings (SSSR count). The molecule has 0 saturated carbocycles. The smallest absolute Gasteiger partial charge is 0.338 e. The molecule has 1 N–H and O–H groups in total. The minimum absolute atomic E-state index is 0.121. The molecule has 0 aliphatic carbocycles. The summed E-state index contributed by atoms with van der Waals surface area (Å²) in [5.74, 6) is -0.537. The number of carbonyl (C=O) groups is 1. The van der Waals surface area contributed by atoms with Gasteiger partial charge < -0.3 is 9.47 Å². The zero-order valence-corrected chi connectivity index (χ0v) is 12.4. The van der Waals surface area contributed by atoms with Crippen LogP contribution in [0.2, 0.25) is 0 Å². The third-order valence-corrected chi connectivity index (χ3v) is 3.64. The predicted octanol–water partition coefficient (Wildman–Crippen LogP) is 1.64. The Labute approximate surface area is 119 Å². The maximum atomic E-state index is 11.6. The summed E-state index contributed by atoms with van der Waals surface area (Å²) in [6.07, 6.45) is 0.753. The molecule has 0 aromatic heterocycles. The minimum Gasteiger partial charge on any atom is -0.462 e. The van der Waals surface area contributed by atoms with E-state index in [1.807, 2.05) is 6.92 Å². The van der Waals surface area contributed by atoms with E-state index in [0.717, 1.165) is 6.42 Å². The third-order valence-electron chi connectivity index (χ3n) is 2.39. The molecule has 0 saturated heterocycles. The van der Waals surface area contributed by atoms with Gasteiger partial charge >= 0.3 is 5.97 Å². The Kier molecular flexibility index (Phi) is 6.47. The molecule has 112 valence electrons. The second-order valence-corrected chi connectivity index (χ2v) is 5.97. The Morgan fingerprint density at radius 3 is 2.40 bits per heavy atom. The number of anilines is 1. The van der Waals surface area contributed by atoms with Crippen molar-refractivity contribution in [3.8, 4) is 0 Å². The van der Waals surface area contributed by atoms with Crippen molar-refractivity contribution in [2.45, 2.75) is 13.3 Å². The highest BCUT2D eigenvalue weighted by molar-refractivity contribution is 7.92. The van der Waals surface area contributed by atoms with Gasteiger partial charge in [-0.2, -0.15) is 0 Å². The molecule has 7 heteroatoms. The van der Waals surface area contributed by atoms with Crippen molar-refractivity contribution < 1.29 is 22.7 Å². The lowest BCUT2D eigenvalue weighted by Crippen LogP contribution is -2.19. The van der Waals surface area contributed by atoms with Crippen LogP contribution >= 0.6 is 0 Å². The molecule has 20 heavy (non-hydrogen) atoms. The van der Waals surface area contributed by atoms with Gasteiger partial charge in [0, 0.05) is 12.8 Å². The summed E-state index contributed by atoms with van der Waals surface area (Å²) in [5.41, 5.74) is 0.784. The molecular formula is C13H19NO5S. The molecule has 0 heterocycles. The molecule has 0 amide bonds. The van der Waals surface area contributed by atoms with Crippen LogP contribution in [0.3, 0.4) is 0 Å². The molecule has 0 unspecified atom stereocenters. The second-order valence-electron chi connectivity index (χ2n) is 4.13. The minimum atomic E-state index is -3.44. The number of hydrogen-bond acceptors (Lipinski definition) is 5. The summed E-state index contributed by atoms with van der Waals surface area (Å²) in [6, 6.07) is 6.08. The molecule has 0 bridgehead atoms. The van der Waals surface area contributed by atoms with Crippen molar-refractivity contribution in [1.29, 1.82) is 0 Å². The number of sulfonamides is 1. The quantitative estimate of drug-likeness (QED) is 0.738. The fourth-order valence-electron chi connectivity index (χ4n) is 1.38. The van der Waals surface area contributed by atoms with Crippen LogP contribution in [-0.4, -0.2) is 40.5 Å². The summed E-state index contributed by atoms with van der Waals surface area (Å²) in [5, 5.41) is 0. The van der Waals surface area contributed by atoms with Gasteiger partial charge in [0.05, 0.1) is 24.5 Å². The Hall–Kier alpha value is -1.60. The largest absolute Gasteiger partial charge is 0.462 e. The summed E-state index contributed by atoms with van der Waals surface area (Å²) < 4.78 is 35.4. The van der Waals surface area contributed by atoms with Gasteiger partial charge in [-0.3, -0.25) is 4.72 Å². The summed E-state index contributed by atoms with van der Waals surface area (Å²) in [6.45, 7) is 2.40. The number of benzene rings is 1. The van der Waals surface area contributed by atoms with E-state index in [1.165, 1.54) is 31.4 Å². The van der Waals surface area contributed by atoms with E-state index in [2.05, 4.69) is 4.72 Å². The third kappa shape index (κ3) is 5.58. The lowest BCUT2D eigenvalue weighted by Gasteiger charge is -2.08. The van der Waals surface area contributed by atoms with Crippen LogP contribution in [0, 0.1) is 0 Å². The van der Waals surface area contributed by atoms with Crippen LogP contribution < -0.4 is 4.72 Å². The maximum absolute atomic E-state index is 11.6.